The minimum atomic E-state index is 0.776. The molecule has 2 N–H and O–H groups in total. The van der Waals surface area contributed by atoms with Crippen molar-refractivity contribution < 1.29 is 0 Å². The average Bonchev–Trinajstić information content (AvgIpc) is 2.32. The van der Waals surface area contributed by atoms with Gasteiger partial charge in [-0.3, -0.25) is 0 Å². The third-order valence-electron chi connectivity index (χ3n) is 2.45. The molecule has 1 rings (SSSR count). The van der Waals surface area contributed by atoms with Gasteiger partial charge in [-0.15, -0.1) is 0 Å². The second kappa shape index (κ2) is 9.37. The number of rotatable bonds is 5. The molecule has 2 nitrogen and oxygen atoms in total. The lowest BCUT2D eigenvalue weighted by Gasteiger charge is -2.17. The normalized spacial score (nSPS) is 9.88. The maximum Gasteiger partial charge on any atom is 0.0233 e. The molecule has 0 radical (unpaired) electrons. The Balaban J connectivity index is 0.00000106. The highest BCUT2D eigenvalue weighted by Gasteiger charge is 2.01. The summed E-state index contributed by atoms with van der Waals surface area (Å²) in [6.45, 7) is 9.03. The number of benzene rings is 1. The summed E-state index contributed by atoms with van der Waals surface area (Å²) in [6, 6.07) is 8.53. The van der Waals surface area contributed by atoms with Crippen LogP contribution >= 0.6 is 0 Å². The molecule has 0 fully saturated rings. The third-order valence-corrected chi connectivity index (χ3v) is 2.45. The molecule has 0 aromatic heterocycles. The van der Waals surface area contributed by atoms with Gasteiger partial charge in [0, 0.05) is 6.54 Å². The first kappa shape index (κ1) is 15.1. The highest BCUT2D eigenvalue weighted by atomic mass is 15.1. The molecule has 1 aromatic carbocycles. The van der Waals surface area contributed by atoms with Crippen LogP contribution in [-0.2, 0) is 6.54 Å². The molecule has 0 heterocycles. The van der Waals surface area contributed by atoms with Gasteiger partial charge in [-0.05, 0) is 44.6 Å². The van der Waals surface area contributed by atoms with Crippen LogP contribution in [0.3, 0.4) is 0 Å². The lowest BCUT2D eigenvalue weighted by molar-refractivity contribution is 0.323. The highest BCUT2D eigenvalue weighted by molar-refractivity contribution is 5.25. The molecule has 2 heteroatoms. The Labute approximate surface area is 100 Å². The minimum Gasteiger partial charge on any atom is -0.330 e. The van der Waals surface area contributed by atoms with Crippen molar-refractivity contribution in [1.82, 2.24) is 4.90 Å². The second-order valence-corrected chi connectivity index (χ2v) is 3.81. The standard InChI is InChI=1S/C12H20N2.C2H6/c1-11-6-3-4-7-12(11)10-14(2)9-5-8-13;1-2/h3-4,6-7H,5,8-10,13H2,1-2H3;1-2H3. The van der Waals surface area contributed by atoms with E-state index >= 15 is 0 Å². The number of hydrogen-bond donors (Lipinski definition) is 1. The van der Waals surface area contributed by atoms with E-state index in [1.807, 2.05) is 13.8 Å². The lowest BCUT2D eigenvalue weighted by atomic mass is 10.1. The van der Waals surface area contributed by atoms with Gasteiger partial charge in [-0.1, -0.05) is 38.1 Å². The zero-order valence-electron chi connectivity index (χ0n) is 11.2. The minimum absolute atomic E-state index is 0.776. The summed E-state index contributed by atoms with van der Waals surface area (Å²) >= 11 is 0. The highest BCUT2D eigenvalue weighted by Crippen LogP contribution is 2.09. The van der Waals surface area contributed by atoms with Crippen LogP contribution in [0.1, 0.15) is 31.4 Å². The van der Waals surface area contributed by atoms with Crippen molar-refractivity contribution in [3.05, 3.63) is 35.4 Å². The molecule has 0 amide bonds. The van der Waals surface area contributed by atoms with Crippen molar-refractivity contribution >= 4 is 0 Å². The quantitative estimate of drug-likeness (QED) is 0.830. The fourth-order valence-corrected chi connectivity index (χ4v) is 1.52. The molecular formula is C14H26N2. The Bertz CT molecular complexity index is 271. The topological polar surface area (TPSA) is 29.3 Å². The van der Waals surface area contributed by atoms with Crippen LogP contribution in [0.25, 0.3) is 0 Å². The Morgan fingerprint density at radius 3 is 2.38 bits per heavy atom. The van der Waals surface area contributed by atoms with Gasteiger partial charge in [0.15, 0.2) is 0 Å². The Morgan fingerprint density at radius 2 is 1.81 bits per heavy atom. The van der Waals surface area contributed by atoms with Crippen LogP contribution < -0.4 is 5.73 Å². The first-order valence-corrected chi connectivity index (χ1v) is 6.17. The number of aryl methyl sites for hydroxylation is 1. The molecule has 0 aliphatic heterocycles. The van der Waals surface area contributed by atoms with E-state index in [9.17, 15) is 0 Å². The van der Waals surface area contributed by atoms with Gasteiger partial charge < -0.3 is 10.6 Å². The molecule has 0 atom stereocenters. The average molecular weight is 222 g/mol. The summed E-state index contributed by atoms with van der Waals surface area (Å²) in [4.78, 5) is 2.31. The van der Waals surface area contributed by atoms with Gasteiger partial charge in [0.1, 0.15) is 0 Å². The van der Waals surface area contributed by atoms with E-state index in [1.165, 1.54) is 11.1 Å². The maximum atomic E-state index is 5.47. The molecule has 0 aliphatic carbocycles. The summed E-state index contributed by atoms with van der Waals surface area (Å²) in [5.74, 6) is 0. The maximum absolute atomic E-state index is 5.47. The Kier molecular flexibility index (Phi) is 8.87. The number of hydrogen-bond acceptors (Lipinski definition) is 2. The molecule has 92 valence electrons. The molecule has 1 aromatic rings. The summed E-state index contributed by atoms with van der Waals surface area (Å²) in [5, 5.41) is 0. The van der Waals surface area contributed by atoms with E-state index in [4.69, 9.17) is 5.73 Å². The number of nitrogens with zero attached hydrogens (tertiary/aromatic N) is 1. The molecule has 0 aliphatic rings. The lowest BCUT2D eigenvalue weighted by Crippen LogP contribution is -2.21. The van der Waals surface area contributed by atoms with Gasteiger partial charge in [-0.25, -0.2) is 0 Å². The first-order valence-electron chi connectivity index (χ1n) is 6.17. The summed E-state index contributed by atoms with van der Waals surface area (Å²) in [7, 11) is 2.14. The first-order chi connectivity index (χ1) is 7.74. The molecular weight excluding hydrogens is 196 g/mol. The van der Waals surface area contributed by atoms with Gasteiger partial charge in [0.05, 0.1) is 0 Å². The third kappa shape index (κ3) is 5.89. The molecule has 0 spiro atoms. The molecule has 16 heavy (non-hydrogen) atoms. The SMILES string of the molecule is CC.Cc1ccccc1CN(C)CCCN. The van der Waals surface area contributed by atoms with Crippen molar-refractivity contribution in [2.24, 2.45) is 5.73 Å². The van der Waals surface area contributed by atoms with E-state index in [-0.39, 0.29) is 0 Å². The van der Waals surface area contributed by atoms with Crippen LogP contribution in [0.4, 0.5) is 0 Å². The van der Waals surface area contributed by atoms with Crippen LogP contribution in [0.5, 0.6) is 0 Å². The van der Waals surface area contributed by atoms with Crippen molar-refractivity contribution in [1.29, 1.82) is 0 Å². The Hall–Kier alpha value is -0.860. The van der Waals surface area contributed by atoms with E-state index in [0.29, 0.717) is 0 Å². The van der Waals surface area contributed by atoms with Crippen molar-refractivity contribution in [3.8, 4) is 0 Å². The van der Waals surface area contributed by atoms with Crippen LogP contribution in [-0.4, -0.2) is 25.0 Å². The van der Waals surface area contributed by atoms with Gasteiger partial charge in [0.2, 0.25) is 0 Å². The fourth-order valence-electron chi connectivity index (χ4n) is 1.52. The second-order valence-electron chi connectivity index (χ2n) is 3.81. The molecule has 0 bridgehead atoms. The summed E-state index contributed by atoms with van der Waals surface area (Å²) in [5.41, 5.74) is 8.25. The van der Waals surface area contributed by atoms with Gasteiger partial charge in [0.25, 0.3) is 0 Å². The predicted molar refractivity (Wildman–Crippen MR) is 72.5 cm³/mol. The summed E-state index contributed by atoms with van der Waals surface area (Å²) < 4.78 is 0. The van der Waals surface area contributed by atoms with Crippen molar-refractivity contribution in [2.45, 2.75) is 33.7 Å². The zero-order chi connectivity index (χ0) is 12.4. The van der Waals surface area contributed by atoms with Crippen LogP contribution in [0, 0.1) is 6.92 Å². The molecule has 0 unspecified atom stereocenters. The largest absolute Gasteiger partial charge is 0.330 e. The smallest absolute Gasteiger partial charge is 0.0233 e. The van der Waals surface area contributed by atoms with Crippen LogP contribution in [0.15, 0.2) is 24.3 Å². The van der Waals surface area contributed by atoms with E-state index in [1.54, 1.807) is 0 Å². The number of nitrogens with two attached hydrogens (primary N) is 1. The van der Waals surface area contributed by atoms with Crippen molar-refractivity contribution in [2.75, 3.05) is 20.1 Å². The van der Waals surface area contributed by atoms with E-state index < -0.39 is 0 Å². The molecule has 0 saturated heterocycles. The zero-order valence-corrected chi connectivity index (χ0v) is 11.2. The van der Waals surface area contributed by atoms with E-state index in [0.717, 1.165) is 26.1 Å². The molecule has 0 saturated carbocycles. The van der Waals surface area contributed by atoms with Gasteiger partial charge in [-0.2, -0.15) is 0 Å². The monoisotopic (exact) mass is 222 g/mol. The Morgan fingerprint density at radius 1 is 1.19 bits per heavy atom. The fraction of sp³-hybridized carbons (Fsp3) is 0.571. The predicted octanol–water partition coefficient (Wildman–Crippen LogP) is 2.80. The van der Waals surface area contributed by atoms with Crippen molar-refractivity contribution in [3.63, 3.8) is 0 Å². The van der Waals surface area contributed by atoms with Crippen LogP contribution in [0.2, 0.25) is 0 Å². The summed E-state index contributed by atoms with van der Waals surface area (Å²) in [6.07, 6.45) is 1.07. The van der Waals surface area contributed by atoms with Gasteiger partial charge >= 0.3 is 0 Å². The van der Waals surface area contributed by atoms with E-state index in [2.05, 4.69) is 43.1 Å².